The highest BCUT2D eigenvalue weighted by Gasteiger charge is 2.32. The number of halogens is 1. The van der Waals surface area contributed by atoms with Crippen LogP contribution in [-0.4, -0.2) is 62.5 Å². The van der Waals surface area contributed by atoms with Crippen LogP contribution >= 0.6 is 0 Å². The minimum absolute atomic E-state index is 0.0601. The maximum Gasteiger partial charge on any atom is 0.410 e. The quantitative estimate of drug-likeness (QED) is 0.550. The number of nitrogens with zero attached hydrogens (tertiary/aromatic N) is 2. The molecule has 0 spiro atoms. The van der Waals surface area contributed by atoms with Gasteiger partial charge in [-0.2, -0.15) is 0 Å². The third-order valence-electron chi connectivity index (χ3n) is 5.94. The topological polar surface area (TPSA) is 79.3 Å². The molecule has 1 N–H and O–H groups in total. The summed E-state index contributed by atoms with van der Waals surface area (Å²) in [6.45, 7) is 13.2. The zero-order valence-electron chi connectivity index (χ0n) is 21.2. The van der Waals surface area contributed by atoms with Gasteiger partial charge in [-0.25, -0.2) is 13.4 Å². The first-order valence-electron chi connectivity index (χ1n) is 11.7. The van der Waals surface area contributed by atoms with Crippen LogP contribution in [0, 0.1) is 19.7 Å². The Labute approximate surface area is 209 Å². The molecule has 7 nitrogen and oxygen atoms in total. The predicted molar refractivity (Wildman–Crippen MR) is 134 cm³/mol. The lowest BCUT2D eigenvalue weighted by molar-refractivity contribution is -0.00299. The number of ether oxygens (including phenoxy) is 2. The standard InChI is InChI=1S/C26H35FN2O5S/c1-17-7-8-20(14-22(17)27)23(33-21-9-10-24(35(31)32)18(2)13-21)16-28-11-12-29(19(3)15-28)25(30)34-26(4,5)6/h7-10,13-14,19,23H,11-12,15-16H2,1-6H3,(H,31,32)/t19-,23?/m1/s1. The van der Waals surface area contributed by atoms with Crippen LogP contribution in [0.1, 0.15) is 50.5 Å². The van der Waals surface area contributed by atoms with Crippen LogP contribution in [0.3, 0.4) is 0 Å². The Kier molecular flexibility index (Phi) is 8.56. The Morgan fingerprint density at radius 1 is 1.17 bits per heavy atom. The van der Waals surface area contributed by atoms with Crippen LogP contribution in [0.4, 0.5) is 9.18 Å². The molecule has 2 aromatic carbocycles. The molecular weight excluding hydrogens is 471 g/mol. The highest BCUT2D eigenvalue weighted by molar-refractivity contribution is 7.79. The van der Waals surface area contributed by atoms with E-state index in [4.69, 9.17) is 9.47 Å². The number of carbonyl (C=O) groups is 1. The molecule has 2 aromatic rings. The largest absolute Gasteiger partial charge is 0.484 e. The van der Waals surface area contributed by atoms with Gasteiger partial charge in [-0.1, -0.05) is 12.1 Å². The van der Waals surface area contributed by atoms with Crippen LogP contribution < -0.4 is 4.74 Å². The first kappa shape index (κ1) is 27.1. The molecule has 0 radical (unpaired) electrons. The van der Waals surface area contributed by atoms with Crippen molar-refractivity contribution in [2.45, 2.75) is 64.2 Å². The molecule has 1 aliphatic rings. The van der Waals surface area contributed by atoms with Gasteiger partial charge in [-0.05, 0) is 82.5 Å². The molecule has 1 saturated heterocycles. The lowest BCUT2D eigenvalue weighted by atomic mass is 10.0. The number of hydrogen-bond acceptors (Lipinski definition) is 5. The summed E-state index contributed by atoms with van der Waals surface area (Å²) in [6.07, 6.45) is -0.801. The molecule has 0 saturated carbocycles. The van der Waals surface area contributed by atoms with Crippen molar-refractivity contribution >= 4 is 17.2 Å². The van der Waals surface area contributed by atoms with Gasteiger partial charge >= 0.3 is 6.09 Å². The van der Waals surface area contributed by atoms with E-state index >= 15 is 0 Å². The van der Waals surface area contributed by atoms with Gasteiger partial charge in [0.25, 0.3) is 0 Å². The maximum atomic E-state index is 14.4. The number of piperazine rings is 1. The van der Waals surface area contributed by atoms with E-state index in [2.05, 4.69) is 4.90 Å². The smallest absolute Gasteiger partial charge is 0.410 e. The highest BCUT2D eigenvalue weighted by atomic mass is 32.2. The second-order valence-electron chi connectivity index (χ2n) is 10.1. The number of amides is 1. The van der Waals surface area contributed by atoms with E-state index in [0.717, 1.165) is 0 Å². The van der Waals surface area contributed by atoms with Gasteiger partial charge in [-0.15, -0.1) is 0 Å². The predicted octanol–water partition coefficient (Wildman–Crippen LogP) is 5.08. The zero-order valence-corrected chi connectivity index (χ0v) is 22.0. The summed E-state index contributed by atoms with van der Waals surface area (Å²) in [4.78, 5) is 16.8. The van der Waals surface area contributed by atoms with Crippen LogP contribution in [0.5, 0.6) is 5.75 Å². The van der Waals surface area contributed by atoms with Gasteiger partial charge in [0.2, 0.25) is 0 Å². The van der Waals surface area contributed by atoms with Crippen molar-refractivity contribution in [2.75, 3.05) is 26.2 Å². The number of aryl methyl sites for hydroxylation is 2. The third kappa shape index (κ3) is 7.25. The summed E-state index contributed by atoms with van der Waals surface area (Å²) in [6, 6.07) is 9.94. The van der Waals surface area contributed by atoms with Gasteiger partial charge in [0.05, 0.1) is 4.90 Å². The summed E-state index contributed by atoms with van der Waals surface area (Å²) >= 11 is -2.08. The molecule has 9 heteroatoms. The van der Waals surface area contributed by atoms with Gasteiger partial charge in [0.1, 0.15) is 23.3 Å². The fourth-order valence-corrected chi connectivity index (χ4v) is 4.62. The van der Waals surface area contributed by atoms with Crippen molar-refractivity contribution in [1.82, 2.24) is 9.80 Å². The minimum Gasteiger partial charge on any atom is -0.484 e. The molecule has 0 aromatic heterocycles. The van der Waals surface area contributed by atoms with Crippen molar-refractivity contribution in [3.63, 3.8) is 0 Å². The number of benzene rings is 2. The second-order valence-corrected chi connectivity index (χ2v) is 11.0. The molecule has 2 unspecified atom stereocenters. The molecule has 192 valence electrons. The molecule has 0 bridgehead atoms. The second kappa shape index (κ2) is 11.1. The van der Waals surface area contributed by atoms with Crippen molar-refractivity contribution < 1.29 is 27.4 Å². The first-order valence-corrected chi connectivity index (χ1v) is 12.8. The summed E-state index contributed by atoms with van der Waals surface area (Å²) in [5.74, 6) is 0.226. The molecule has 1 amide bonds. The van der Waals surface area contributed by atoms with E-state index < -0.39 is 22.8 Å². The van der Waals surface area contributed by atoms with Crippen LogP contribution in [-0.2, 0) is 15.8 Å². The average Bonchev–Trinajstić information content (AvgIpc) is 2.74. The molecule has 3 rings (SSSR count). The third-order valence-corrected chi connectivity index (χ3v) is 6.78. The summed E-state index contributed by atoms with van der Waals surface area (Å²) in [5.41, 5.74) is 1.33. The average molecular weight is 507 g/mol. The van der Waals surface area contributed by atoms with E-state index in [9.17, 15) is 17.9 Å². The van der Waals surface area contributed by atoms with Crippen molar-refractivity contribution in [3.05, 3.63) is 58.9 Å². The van der Waals surface area contributed by atoms with E-state index in [0.29, 0.717) is 53.5 Å². The Morgan fingerprint density at radius 2 is 1.89 bits per heavy atom. The highest BCUT2D eigenvalue weighted by Crippen LogP contribution is 2.28. The van der Waals surface area contributed by atoms with E-state index in [-0.39, 0.29) is 18.0 Å². The minimum atomic E-state index is -2.08. The van der Waals surface area contributed by atoms with Crippen LogP contribution in [0.25, 0.3) is 0 Å². The van der Waals surface area contributed by atoms with Crippen molar-refractivity contribution in [3.8, 4) is 5.75 Å². The molecule has 35 heavy (non-hydrogen) atoms. The Bertz CT molecular complexity index is 1090. The van der Waals surface area contributed by atoms with Gasteiger partial charge in [0.15, 0.2) is 11.1 Å². The normalized spacial score (nSPS) is 18.7. The van der Waals surface area contributed by atoms with E-state index in [1.54, 1.807) is 43.0 Å². The van der Waals surface area contributed by atoms with Gasteiger partial charge in [0, 0.05) is 32.2 Å². The number of rotatable bonds is 6. The summed E-state index contributed by atoms with van der Waals surface area (Å²) < 4.78 is 47.1. The van der Waals surface area contributed by atoms with Crippen LogP contribution in [0.2, 0.25) is 0 Å². The van der Waals surface area contributed by atoms with Crippen molar-refractivity contribution in [2.24, 2.45) is 0 Å². The van der Waals surface area contributed by atoms with Crippen molar-refractivity contribution in [1.29, 1.82) is 0 Å². The van der Waals surface area contributed by atoms with E-state index in [1.807, 2.05) is 33.8 Å². The number of hydrogen-bond donors (Lipinski definition) is 1. The molecule has 3 atom stereocenters. The SMILES string of the molecule is Cc1ccc(C(CN2CCN(C(=O)OC(C)(C)C)[C@H](C)C2)Oc2ccc(S(=O)O)c(C)c2)cc1F. The summed E-state index contributed by atoms with van der Waals surface area (Å²) in [5, 5.41) is 0. The monoisotopic (exact) mass is 506 g/mol. The molecular formula is C26H35FN2O5S. The Morgan fingerprint density at radius 3 is 2.46 bits per heavy atom. The lowest BCUT2D eigenvalue weighted by Gasteiger charge is -2.41. The first-order chi connectivity index (χ1) is 16.3. The Hall–Kier alpha value is -2.49. The lowest BCUT2D eigenvalue weighted by Crippen LogP contribution is -2.55. The summed E-state index contributed by atoms with van der Waals surface area (Å²) in [7, 11) is 0. The van der Waals surface area contributed by atoms with Crippen LogP contribution in [0.15, 0.2) is 41.3 Å². The van der Waals surface area contributed by atoms with E-state index in [1.165, 1.54) is 6.07 Å². The Balaban J connectivity index is 1.78. The van der Waals surface area contributed by atoms with Gasteiger partial charge < -0.3 is 18.9 Å². The zero-order chi connectivity index (χ0) is 25.9. The fourth-order valence-electron chi connectivity index (χ4n) is 4.10. The van der Waals surface area contributed by atoms with Gasteiger partial charge in [-0.3, -0.25) is 4.90 Å². The molecule has 1 fully saturated rings. The number of carbonyl (C=O) groups excluding carboxylic acids is 1. The molecule has 0 aliphatic carbocycles. The fraction of sp³-hybridized carbons (Fsp3) is 0.500. The molecule has 1 heterocycles. The maximum absolute atomic E-state index is 14.4. The molecule has 1 aliphatic heterocycles.